The van der Waals surface area contributed by atoms with Crippen LogP contribution in [0.3, 0.4) is 0 Å². The van der Waals surface area contributed by atoms with E-state index in [0.717, 1.165) is 0 Å². The van der Waals surface area contributed by atoms with Crippen LogP contribution in [0.25, 0.3) is 0 Å². The zero-order chi connectivity index (χ0) is 10.4. The lowest BCUT2D eigenvalue weighted by Crippen LogP contribution is -2.19. The van der Waals surface area contributed by atoms with Crippen LogP contribution in [0.5, 0.6) is 0 Å². The van der Waals surface area contributed by atoms with E-state index in [2.05, 4.69) is 4.74 Å². The molecule has 1 saturated heterocycles. The van der Waals surface area contributed by atoms with Gasteiger partial charge >= 0.3 is 0 Å². The number of rotatable bonds is 0. The van der Waals surface area contributed by atoms with Crippen molar-refractivity contribution in [2.24, 2.45) is 0 Å². The Labute approximate surface area is 51.5 Å². The van der Waals surface area contributed by atoms with Gasteiger partial charge in [0.2, 0.25) is 0 Å². The molecular formula is C5H10O2. The van der Waals surface area contributed by atoms with Gasteiger partial charge in [0, 0.05) is 18.6 Å². The van der Waals surface area contributed by atoms with E-state index >= 15 is 0 Å². The van der Waals surface area contributed by atoms with Gasteiger partial charge in [0.1, 0.15) is 0 Å². The van der Waals surface area contributed by atoms with Crippen LogP contribution in [0, 0.1) is 0 Å². The van der Waals surface area contributed by atoms with Gasteiger partial charge in [-0.1, -0.05) is 0 Å². The Hall–Kier alpha value is -0.0800. The minimum atomic E-state index is -2.49. The second-order valence-electron chi connectivity index (χ2n) is 1.11. The number of hydrogen-bond donors (Lipinski definition) is 1. The first-order chi connectivity index (χ1) is 5.70. The van der Waals surface area contributed by atoms with Crippen molar-refractivity contribution in [1.29, 1.82) is 0 Å². The lowest BCUT2D eigenvalue weighted by atomic mass is 10.2. The summed E-state index contributed by atoms with van der Waals surface area (Å²) < 4.78 is 47.2. The molecule has 42 valence electrons. The van der Waals surface area contributed by atoms with Crippen molar-refractivity contribution in [3.05, 3.63) is 0 Å². The van der Waals surface area contributed by atoms with Crippen molar-refractivity contribution in [2.75, 3.05) is 13.2 Å². The van der Waals surface area contributed by atoms with Gasteiger partial charge in [-0.3, -0.25) is 0 Å². The van der Waals surface area contributed by atoms with Gasteiger partial charge in [-0.05, 0) is 12.7 Å². The number of aliphatic hydroxyl groups is 1. The molecular weight excluding hydrogens is 92.1 g/mol. The summed E-state index contributed by atoms with van der Waals surface area (Å²) in [5, 5.41) is 9.24. The van der Waals surface area contributed by atoms with Gasteiger partial charge in [-0.2, -0.15) is 0 Å². The van der Waals surface area contributed by atoms with Crippen LogP contribution in [-0.4, -0.2) is 24.4 Å². The number of ether oxygens (including phenoxy) is 1. The molecule has 0 aromatic rings. The minimum absolute atomic E-state index is 1.73. The van der Waals surface area contributed by atoms with Crippen molar-refractivity contribution >= 4 is 0 Å². The smallest absolute Gasteiger partial charge is 0.0584 e. The summed E-state index contributed by atoms with van der Waals surface area (Å²) in [4.78, 5) is 0. The van der Waals surface area contributed by atoms with E-state index in [1.165, 1.54) is 0 Å². The molecule has 1 N–H and O–H groups in total. The largest absolute Gasteiger partial charge is 0.393 e. The average Bonchev–Trinajstić information content (AvgIpc) is 2.00. The molecule has 2 unspecified atom stereocenters. The highest BCUT2D eigenvalue weighted by Gasteiger charge is 2.07. The molecule has 1 fully saturated rings. The molecule has 0 spiro atoms. The first-order valence-electron chi connectivity index (χ1n) is 5.04. The molecule has 1 rings (SSSR count). The molecule has 2 heteroatoms. The summed E-state index contributed by atoms with van der Waals surface area (Å²) in [6.07, 6.45) is -6.99. The molecule has 0 aromatic heterocycles. The molecule has 0 amide bonds. The van der Waals surface area contributed by atoms with Crippen LogP contribution in [0.2, 0.25) is 0 Å². The van der Waals surface area contributed by atoms with Crippen LogP contribution in [0.4, 0.5) is 0 Å². The lowest BCUT2D eigenvalue weighted by molar-refractivity contribution is 0.0140. The van der Waals surface area contributed by atoms with Gasteiger partial charge in [-0.15, -0.1) is 0 Å². The maximum absolute atomic E-state index is 9.24. The van der Waals surface area contributed by atoms with Crippen molar-refractivity contribution < 1.29 is 18.1 Å². The van der Waals surface area contributed by atoms with Crippen LogP contribution >= 0.6 is 0 Å². The van der Waals surface area contributed by atoms with Crippen LogP contribution in [0.15, 0.2) is 0 Å². The highest BCUT2D eigenvalue weighted by atomic mass is 16.5. The van der Waals surface area contributed by atoms with E-state index < -0.39 is 32.0 Å². The summed E-state index contributed by atoms with van der Waals surface area (Å²) in [5.74, 6) is 0. The van der Waals surface area contributed by atoms with Crippen molar-refractivity contribution in [1.82, 2.24) is 0 Å². The monoisotopic (exact) mass is 108 g/mol. The van der Waals surface area contributed by atoms with Gasteiger partial charge in [-0.25, -0.2) is 0 Å². The second kappa shape index (κ2) is 2.28. The Morgan fingerprint density at radius 2 is 2.14 bits per heavy atom. The highest BCUT2D eigenvalue weighted by Crippen LogP contribution is 2.03. The van der Waals surface area contributed by atoms with Gasteiger partial charge in [0.15, 0.2) is 0 Å². The average molecular weight is 108 g/mol. The first kappa shape index (κ1) is 1.45. The quantitative estimate of drug-likeness (QED) is 0.479. The third-order valence-corrected chi connectivity index (χ3v) is 0.588. The molecule has 0 bridgehead atoms. The van der Waals surface area contributed by atoms with Crippen LogP contribution < -0.4 is 0 Å². The van der Waals surface area contributed by atoms with E-state index in [1.807, 2.05) is 0 Å². The Balaban J connectivity index is 2.96. The van der Waals surface area contributed by atoms with Crippen molar-refractivity contribution in [3.63, 3.8) is 0 Å². The predicted molar refractivity (Wildman–Crippen MR) is 26.1 cm³/mol. The molecule has 0 aliphatic carbocycles. The zero-order valence-corrected chi connectivity index (χ0v) is 3.59. The summed E-state index contributed by atoms with van der Waals surface area (Å²) in [7, 11) is 0. The van der Waals surface area contributed by atoms with Gasteiger partial charge in [0.05, 0.1) is 8.85 Å². The molecule has 1 aliphatic heterocycles. The summed E-state index contributed by atoms with van der Waals surface area (Å²) in [6.45, 7) is -3.46. The third kappa shape index (κ3) is 1.45. The van der Waals surface area contributed by atoms with E-state index in [1.54, 1.807) is 0 Å². The maximum atomic E-state index is 9.24. The van der Waals surface area contributed by atoms with Crippen molar-refractivity contribution in [2.45, 2.75) is 18.8 Å². The Kier molecular flexibility index (Phi) is 0.474. The predicted octanol–water partition coefficient (Wildman–Crippen LogP) is 0.158. The fraction of sp³-hybridized carbons (Fsp3) is 1.00. The molecule has 1 aliphatic rings. The van der Waals surface area contributed by atoms with E-state index in [0.29, 0.717) is 0 Å². The number of aliphatic hydroxyl groups excluding tert-OH is 1. The highest BCUT2D eigenvalue weighted by molar-refractivity contribution is 4.58. The Bertz CT molecular complexity index is 187. The van der Waals surface area contributed by atoms with Crippen LogP contribution in [-0.2, 0) is 4.74 Å². The second-order valence-corrected chi connectivity index (χ2v) is 1.11. The minimum Gasteiger partial charge on any atom is -0.393 e. The molecule has 2 atom stereocenters. The van der Waals surface area contributed by atoms with Crippen molar-refractivity contribution in [3.8, 4) is 0 Å². The maximum Gasteiger partial charge on any atom is 0.0584 e. The molecule has 1 heterocycles. The molecule has 7 heavy (non-hydrogen) atoms. The summed E-state index contributed by atoms with van der Waals surface area (Å²) in [6, 6.07) is 0. The fourth-order valence-corrected chi connectivity index (χ4v) is 0.290. The first-order valence-corrected chi connectivity index (χ1v) is 1.88. The van der Waals surface area contributed by atoms with Gasteiger partial charge in [0.25, 0.3) is 0 Å². The third-order valence-electron chi connectivity index (χ3n) is 0.588. The van der Waals surface area contributed by atoms with Gasteiger partial charge < -0.3 is 9.84 Å². The molecule has 0 saturated carbocycles. The molecule has 0 aromatic carbocycles. The zero-order valence-electron chi connectivity index (χ0n) is 9.59. The standard InChI is InChI=1S/C5H10O2/c6-5-1-3-7-4-2-5/h5-6H,1-4H2/i1D2,2D2,3D,4D. The Morgan fingerprint density at radius 3 is 2.71 bits per heavy atom. The normalized spacial score (nSPS) is 81.0. The van der Waals surface area contributed by atoms with E-state index in [9.17, 15) is 5.11 Å². The fourth-order valence-electron chi connectivity index (χ4n) is 0.290. The summed E-state index contributed by atoms with van der Waals surface area (Å²) >= 11 is 0. The summed E-state index contributed by atoms with van der Waals surface area (Å²) in [5.41, 5.74) is 0. The topological polar surface area (TPSA) is 29.5 Å². The van der Waals surface area contributed by atoms with E-state index in [4.69, 9.17) is 8.22 Å². The molecule has 0 radical (unpaired) electrons. The molecule has 2 nitrogen and oxygen atoms in total. The number of hydrogen-bond acceptors (Lipinski definition) is 2. The SMILES string of the molecule is [2H]C1OC([2H])C([2H])([2H])C(O)C1([2H])[2H]. The van der Waals surface area contributed by atoms with E-state index in [-0.39, 0.29) is 0 Å². The van der Waals surface area contributed by atoms with Crippen LogP contribution in [0.1, 0.15) is 21.0 Å². The Morgan fingerprint density at radius 1 is 1.57 bits per heavy atom. The lowest BCUT2D eigenvalue weighted by Gasteiger charge is -2.15.